The summed E-state index contributed by atoms with van der Waals surface area (Å²) in [6.45, 7) is 0.480. The second-order valence-electron chi connectivity index (χ2n) is 7.44. The van der Waals surface area contributed by atoms with Crippen molar-refractivity contribution < 1.29 is 9.53 Å². The van der Waals surface area contributed by atoms with Gasteiger partial charge in [0.15, 0.2) is 0 Å². The molecule has 0 fully saturated rings. The Labute approximate surface area is 182 Å². The first kappa shape index (κ1) is 20.4. The minimum absolute atomic E-state index is 0.136. The van der Waals surface area contributed by atoms with Crippen LogP contribution in [0.4, 0.5) is 5.82 Å². The number of carbonyl (C=O) groups excluding carboxylic acids is 1. The topological polar surface area (TPSA) is 65.2 Å². The molecule has 4 heteroatoms. The summed E-state index contributed by atoms with van der Waals surface area (Å²) in [5.74, 6) is 1.37. The van der Waals surface area contributed by atoms with Gasteiger partial charge in [0.25, 0.3) is 0 Å². The number of nitrogen functional groups attached to an aromatic ring is 1. The van der Waals surface area contributed by atoms with Gasteiger partial charge in [0, 0.05) is 19.0 Å². The molecule has 1 aromatic heterocycles. The largest absolute Gasteiger partial charge is 0.489 e. The molecule has 2 N–H and O–H groups in total. The zero-order chi connectivity index (χ0) is 21.5. The van der Waals surface area contributed by atoms with Crippen LogP contribution >= 0.6 is 0 Å². The number of hydrogen-bond donors (Lipinski definition) is 1. The number of carbonyl (C=O) groups is 1. The van der Waals surface area contributed by atoms with Crippen LogP contribution in [0.1, 0.15) is 16.7 Å². The Kier molecular flexibility index (Phi) is 6.38. The molecule has 0 bridgehead atoms. The molecule has 0 aliphatic rings. The van der Waals surface area contributed by atoms with Gasteiger partial charge in [-0.1, -0.05) is 72.8 Å². The lowest BCUT2D eigenvalue weighted by Gasteiger charge is -2.12. The third-order valence-corrected chi connectivity index (χ3v) is 5.07. The summed E-state index contributed by atoms with van der Waals surface area (Å²) in [5, 5.41) is 0. The number of benzene rings is 3. The van der Waals surface area contributed by atoms with Gasteiger partial charge in [-0.25, -0.2) is 4.98 Å². The molecular weight excluding hydrogens is 384 g/mol. The quantitative estimate of drug-likeness (QED) is 0.432. The molecule has 0 radical (unpaired) electrons. The third kappa shape index (κ3) is 5.58. The summed E-state index contributed by atoms with van der Waals surface area (Å²) < 4.78 is 6.02. The average molecular weight is 409 g/mol. The van der Waals surface area contributed by atoms with Crippen LogP contribution in [0.25, 0.3) is 11.1 Å². The number of nitrogens with two attached hydrogens (primary N) is 1. The van der Waals surface area contributed by atoms with Crippen LogP contribution in [0.3, 0.4) is 0 Å². The molecular formula is C27H24N2O2. The SMILES string of the molecule is Nc1ccc(CC(=O)Cc2ccc(OCc3ccccc3-c3ccccc3)cc2)cn1. The zero-order valence-corrected chi connectivity index (χ0v) is 17.2. The van der Waals surface area contributed by atoms with Crippen molar-refractivity contribution >= 4 is 11.6 Å². The Morgan fingerprint density at radius 1 is 0.774 bits per heavy atom. The van der Waals surface area contributed by atoms with Crippen LogP contribution in [-0.2, 0) is 24.2 Å². The number of rotatable bonds is 8. The summed E-state index contributed by atoms with van der Waals surface area (Å²) in [6.07, 6.45) is 2.38. The minimum atomic E-state index is 0.136. The van der Waals surface area contributed by atoms with Gasteiger partial charge in [-0.05, 0) is 46.0 Å². The predicted octanol–water partition coefficient (Wildman–Crippen LogP) is 5.26. The lowest BCUT2D eigenvalue weighted by Crippen LogP contribution is -2.07. The number of pyridine rings is 1. The number of anilines is 1. The summed E-state index contributed by atoms with van der Waals surface area (Å²) >= 11 is 0. The first-order valence-electron chi connectivity index (χ1n) is 10.2. The van der Waals surface area contributed by atoms with Gasteiger partial charge in [0.1, 0.15) is 24.0 Å². The molecule has 31 heavy (non-hydrogen) atoms. The Morgan fingerprint density at radius 2 is 1.45 bits per heavy atom. The average Bonchev–Trinajstić information content (AvgIpc) is 2.81. The molecule has 1 heterocycles. The number of Topliss-reactive ketones (excluding diaryl/α,β-unsaturated/α-hetero) is 1. The lowest BCUT2D eigenvalue weighted by atomic mass is 10.0. The molecule has 4 nitrogen and oxygen atoms in total. The summed E-state index contributed by atoms with van der Waals surface area (Å²) in [5.41, 5.74) is 10.9. The second kappa shape index (κ2) is 9.72. The van der Waals surface area contributed by atoms with Crippen LogP contribution in [0.15, 0.2) is 97.2 Å². The fraction of sp³-hybridized carbons (Fsp3) is 0.111. The van der Waals surface area contributed by atoms with Gasteiger partial charge in [-0.15, -0.1) is 0 Å². The number of hydrogen-bond acceptors (Lipinski definition) is 4. The van der Waals surface area contributed by atoms with E-state index in [-0.39, 0.29) is 5.78 Å². The fourth-order valence-electron chi connectivity index (χ4n) is 3.47. The fourth-order valence-corrected chi connectivity index (χ4v) is 3.47. The first-order chi connectivity index (χ1) is 15.2. The van der Waals surface area contributed by atoms with Gasteiger partial charge < -0.3 is 10.5 Å². The van der Waals surface area contributed by atoms with Crippen molar-refractivity contribution in [2.75, 3.05) is 5.73 Å². The van der Waals surface area contributed by atoms with Gasteiger partial charge in [0.05, 0.1) is 0 Å². The molecule has 0 aliphatic carbocycles. The van der Waals surface area contributed by atoms with E-state index in [1.54, 1.807) is 12.3 Å². The maximum Gasteiger partial charge on any atom is 0.141 e. The molecule has 0 aliphatic heterocycles. The van der Waals surface area contributed by atoms with Gasteiger partial charge >= 0.3 is 0 Å². The lowest BCUT2D eigenvalue weighted by molar-refractivity contribution is -0.117. The first-order valence-corrected chi connectivity index (χ1v) is 10.2. The second-order valence-corrected chi connectivity index (χ2v) is 7.44. The molecule has 3 aromatic carbocycles. The Balaban J connectivity index is 1.35. The molecule has 0 unspecified atom stereocenters. The third-order valence-electron chi connectivity index (χ3n) is 5.07. The maximum atomic E-state index is 12.3. The molecule has 0 spiro atoms. The Bertz CT molecular complexity index is 1140. The molecule has 154 valence electrons. The van der Waals surface area contributed by atoms with Crippen molar-refractivity contribution in [3.05, 3.63) is 114 Å². The smallest absolute Gasteiger partial charge is 0.141 e. The van der Waals surface area contributed by atoms with Crippen molar-refractivity contribution in [1.29, 1.82) is 0 Å². The van der Waals surface area contributed by atoms with Crippen molar-refractivity contribution in [3.8, 4) is 16.9 Å². The van der Waals surface area contributed by atoms with Crippen molar-refractivity contribution in [2.24, 2.45) is 0 Å². The molecule has 0 saturated heterocycles. The molecule has 4 aromatic rings. The van der Waals surface area contributed by atoms with Crippen LogP contribution in [0.5, 0.6) is 5.75 Å². The van der Waals surface area contributed by atoms with Gasteiger partial charge in [0.2, 0.25) is 0 Å². The molecule has 0 atom stereocenters. The number of nitrogens with zero attached hydrogens (tertiary/aromatic N) is 1. The molecule has 0 saturated carbocycles. The van der Waals surface area contributed by atoms with Gasteiger partial charge in [-0.2, -0.15) is 0 Å². The number of ketones is 1. The zero-order valence-electron chi connectivity index (χ0n) is 17.2. The van der Waals surface area contributed by atoms with E-state index in [0.29, 0.717) is 25.3 Å². The Morgan fingerprint density at radius 3 is 2.19 bits per heavy atom. The van der Waals surface area contributed by atoms with E-state index in [4.69, 9.17) is 10.5 Å². The highest BCUT2D eigenvalue weighted by Gasteiger charge is 2.08. The highest BCUT2D eigenvalue weighted by molar-refractivity contribution is 5.83. The van der Waals surface area contributed by atoms with Crippen LogP contribution in [0.2, 0.25) is 0 Å². The van der Waals surface area contributed by atoms with Crippen molar-refractivity contribution in [3.63, 3.8) is 0 Å². The van der Waals surface area contributed by atoms with Gasteiger partial charge in [-0.3, -0.25) is 4.79 Å². The maximum absolute atomic E-state index is 12.3. The van der Waals surface area contributed by atoms with Crippen molar-refractivity contribution in [1.82, 2.24) is 4.98 Å². The monoisotopic (exact) mass is 408 g/mol. The van der Waals surface area contributed by atoms with E-state index in [9.17, 15) is 4.79 Å². The van der Waals surface area contributed by atoms with E-state index in [2.05, 4.69) is 29.2 Å². The normalized spacial score (nSPS) is 10.6. The van der Waals surface area contributed by atoms with Crippen LogP contribution in [-0.4, -0.2) is 10.8 Å². The summed E-state index contributed by atoms with van der Waals surface area (Å²) in [4.78, 5) is 16.4. The van der Waals surface area contributed by atoms with E-state index in [1.165, 1.54) is 11.1 Å². The number of aromatic nitrogens is 1. The van der Waals surface area contributed by atoms with E-state index in [1.807, 2.05) is 60.7 Å². The standard InChI is InChI=1S/C27H24N2O2/c28-27-15-12-21(18-29-27)17-24(30)16-20-10-13-25(14-11-20)31-19-23-8-4-5-9-26(23)22-6-2-1-3-7-22/h1-15,18H,16-17,19H2,(H2,28,29). The minimum Gasteiger partial charge on any atom is -0.489 e. The van der Waals surface area contributed by atoms with E-state index >= 15 is 0 Å². The number of ether oxygens (including phenoxy) is 1. The highest BCUT2D eigenvalue weighted by Crippen LogP contribution is 2.25. The Hall–Kier alpha value is -3.92. The van der Waals surface area contributed by atoms with E-state index < -0.39 is 0 Å². The molecule has 0 amide bonds. The van der Waals surface area contributed by atoms with E-state index in [0.717, 1.165) is 22.4 Å². The van der Waals surface area contributed by atoms with Crippen LogP contribution < -0.4 is 10.5 Å². The predicted molar refractivity (Wildman–Crippen MR) is 124 cm³/mol. The highest BCUT2D eigenvalue weighted by atomic mass is 16.5. The summed E-state index contributed by atoms with van der Waals surface area (Å²) in [6, 6.07) is 29.8. The molecule has 4 rings (SSSR count). The van der Waals surface area contributed by atoms with Crippen molar-refractivity contribution in [2.45, 2.75) is 19.4 Å². The van der Waals surface area contributed by atoms with Crippen LogP contribution in [0, 0.1) is 0 Å². The summed E-state index contributed by atoms with van der Waals surface area (Å²) in [7, 11) is 0.